The molecule has 8 heteroatoms. The molecule has 0 spiro atoms. The summed E-state index contributed by atoms with van der Waals surface area (Å²) in [5, 5.41) is 2.73. The van der Waals surface area contributed by atoms with Gasteiger partial charge in [-0.15, -0.1) is 4.99 Å². The van der Waals surface area contributed by atoms with Crippen molar-refractivity contribution in [1.82, 2.24) is 4.90 Å². The smallest absolute Gasteiger partial charge is 0.446 e. The maximum atomic E-state index is 13.1. The minimum Gasteiger partial charge on any atom is -0.496 e. The van der Waals surface area contributed by atoms with Crippen LogP contribution >= 0.6 is 0 Å². The second-order valence-electron chi connectivity index (χ2n) is 6.89. The highest BCUT2D eigenvalue weighted by Crippen LogP contribution is 2.28. The minimum atomic E-state index is -0.834. The lowest BCUT2D eigenvalue weighted by Crippen LogP contribution is -2.56. The Bertz CT molecular complexity index is 944. The quantitative estimate of drug-likeness (QED) is 0.745. The van der Waals surface area contributed by atoms with Crippen LogP contribution in [0.25, 0.3) is 0 Å². The summed E-state index contributed by atoms with van der Waals surface area (Å²) >= 11 is 0. The van der Waals surface area contributed by atoms with Crippen molar-refractivity contribution in [2.45, 2.75) is 27.2 Å². The summed E-state index contributed by atoms with van der Waals surface area (Å²) in [6.45, 7) is 5.66. The van der Waals surface area contributed by atoms with Crippen LogP contribution in [0.5, 0.6) is 0 Å². The average Bonchev–Trinajstić information content (AvgIpc) is 2.71. The number of benzene rings is 1. The number of rotatable bonds is 6. The predicted molar refractivity (Wildman–Crippen MR) is 109 cm³/mol. The van der Waals surface area contributed by atoms with E-state index in [-0.39, 0.29) is 6.54 Å². The van der Waals surface area contributed by atoms with E-state index >= 15 is 0 Å². The Balaban J connectivity index is 1.82. The van der Waals surface area contributed by atoms with Gasteiger partial charge in [0, 0.05) is 11.3 Å². The zero-order chi connectivity index (χ0) is 21.1. The van der Waals surface area contributed by atoms with Crippen molar-refractivity contribution in [3.05, 3.63) is 41.2 Å². The Kier molecular flexibility index (Phi) is 5.91. The molecule has 4 amide bonds. The van der Waals surface area contributed by atoms with Crippen molar-refractivity contribution < 1.29 is 23.7 Å². The molecule has 0 saturated heterocycles. The Morgan fingerprint density at radius 1 is 1.24 bits per heavy atom. The summed E-state index contributed by atoms with van der Waals surface area (Å²) in [4.78, 5) is 43.5. The summed E-state index contributed by atoms with van der Waals surface area (Å²) in [7, 11) is 1.53. The molecular formula is C21H25N4O4+. The molecule has 1 N–H and O–H groups in total. The number of nitrogens with zero attached hydrogens (tertiary/aromatic N) is 3. The summed E-state index contributed by atoms with van der Waals surface area (Å²) in [5.41, 5.74) is 2.48. The fourth-order valence-electron chi connectivity index (χ4n) is 3.34. The van der Waals surface area contributed by atoms with Gasteiger partial charge in [0.15, 0.2) is 12.5 Å². The van der Waals surface area contributed by atoms with Crippen LogP contribution in [0.2, 0.25) is 0 Å². The number of carbonyl (C=O) groups excluding carboxylic acids is 3. The number of carbonyl (C=O) groups is 3. The van der Waals surface area contributed by atoms with Gasteiger partial charge >= 0.3 is 11.9 Å². The van der Waals surface area contributed by atoms with E-state index in [4.69, 9.17) is 4.74 Å². The molecule has 1 atom stereocenters. The first-order valence-corrected chi connectivity index (χ1v) is 9.59. The third kappa shape index (κ3) is 3.96. The van der Waals surface area contributed by atoms with E-state index in [1.807, 2.05) is 26.0 Å². The Labute approximate surface area is 169 Å². The van der Waals surface area contributed by atoms with Crippen molar-refractivity contribution in [2.75, 3.05) is 25.5 Å². The van der Waals surface area contributed by atoms with E-state index in [0.717, 1.165) is 22.5 Å². The Morgan fingerprint density at radius 2 is 1.93 bits per heavy atom. The maximum absolute atomic E-state index is 13.1. The van der Waals surface area contributed by atoms with Gasteiger partial charge in [-0.3, -0.25) is 9.59 Å². The highest BCUT2D eigenvalue weighted by atomic mass is 16.5. The number of ether oxygens (including phenoxy) is 1. The maximum Gasteiger partial charge on any atom is 0.446 e. The number of nitrogens with one attached hydrogen (secondary N) is 1. The van der Waals surface area contributed by atoms with E-state index in [9.17, 15) is 14.4 Å². The monoisotopic (exact) mass is 397 g/mol. The van der Waals surface area contributed by atoms with Crippen LogP contribution in [-0.4, -0.2) is 59.6 Å². The van der Waals surface area contributed by atoms with Gasteiger partial charge in [-0.1, -0.05) is 19.1 Å². The number of amides is 4. The highest BCUT2D eigenvalue weighted by molar-refractivity contribution is 6.17. The Morgan fingerprint density at radius 3 is 2.55 bits per heavy atom. The molecule has 0 fully saturated rings. The lowest BCUT2D eigenvalue weighted by Gasteiger charge is -2.29. The molecule has 152 valence electrons. The summed E-state index contributed by atoms with van der Waals surface area (Å²) in [6, 6.07) is 6.84. The largest absolute Gasteiger partial charge is 0.496 e. The first-order chi connectivity index (χ1) is 13.9. The number of hydrogen-bond acceptors (Lipinski definition) is 5. The number of aliphatic imine (C=N–C) groups is 1. The van der Waals surface area contributed by atoms with Crippen LogP contribution in [0.4, 0.5) is 10.5 Å². The number of anilines is 1. The topological polar surface area (TPSA) is 91.1 Å². The summed E-state index contributed by atoms with van der Waals surface area (Å²) in [5.74, 6) is -1.03. The molecular weight excluding hydrogens is 372 g/mol. The number of amidine groups is 1. The van der Waals surface area contributed by atoms with E-state index < -0.39 is 23.8 Å². The molecule has 1 unspecified atom stereocenters. The molecule has 1 aromatic carbocycles. The highest BCUT2D eigenvalue weighted by Gasteiger charge is 2.50. The van der Waals surface area contributed by atoms with Crippen LogP contribution < -0.4 is 5.32 Å². The van der Waals surface area contributed by atoms with Crippen molar-refractivity contribution in [3.8, 4) is 0 Å². The number of aryl methyl sites for hydroxylation is 1. The fourth-order valence-corrected chi connectivity index (χ4v) is 3.34. The molecule has 0 bridgehead atoms. The van der Waals surface area contributed by atoms with Gasteiger partial charge in [0.05, 0.1) is 13.7 Å². The molecule has 2 heterocycles. The van der Waals surface area contributed by atoms with Gasteiger partial charge in [0.25, 0.3) is 11.7 Å². The van der Waals surface area contributed by atoms with Crippen LogP contribution in [0.3, 0.4) is 0 Å². The number of dihydropyridines is 1. The van der Waals surface area contributed by atoms with Crippen molar-refractivity contribution in [2.24, 2.45) is 10.9 Å². The lowest BCUT2D eigenvalue weighted by molar-refractivity contribution is -0.408. The number of urea groups is 1. The van der Waals surface area contributed by atoms with Crippen LogP contribution in [0.1, 0.15) is 26.3 Å². The molecule has 0 radical (unpaired) electrons. The SMILES string of the molecule is CCOC1=C(C)C=NC2=[N+](C)C(=O)N(CC(=O)Nc3ccc(CC)cc3)C(=O)C12. The van der Waals surface area contributed by atoms with Gasteiger partial charge in [0.2, 0.25) is 0 Å². The fraction of sp³-hybridized carbons (Fsp3) is 0.381. The molecule has 0 saturated carbocycles. The van der Waals surface area contributed by atoms with Crippen molar-refractivity contribution in [1.29, 1.82) is 0 Å². The van der Waals surface area contributed by atoms with Gasteiger partial charge in [-0.2, -0.15) is 9.48 Å². The summed E-state index contributed by atoms with van der Waals surface area (Å²) < 4.78 is 6.96. The van der Waals surface area contributed by atoms with Gasteiger partial charge < -0.3 is 10.1 Å². The van der Waals surface area contributed by atoms with Crippen molar-refractivity contribution >= 4 is 35.6 Å². The third-order valence-corrected chi connectivity index (χ3v) is 4.92. The predicted octanol–water partition coefficient (Wildman–Crippen LogP) is 2.20. The Hall–Kier alpha value is -3.29. The first-order valence-electron chi connectivity index (χ1n) is 9.59. The van der Waals surface area contributed by atoms with E-state index in [1.165, 1.54) is 11.6 Å². The van der Waals surface area contributed by atoms with Gasteiger partial charge in [0.1, 0.15) is 12.0 Å². The molecule has 0 aliphatic carbocycles. The molecule has 8 nitrogen and oxygen atoms in total. The zero-order valence-electron chi connectivity index (χ0n) is 17.1. The molecule has 0 aromatic heterocycles. The standard InChI is InChI=1S/C21H24N4O4/c1-5-14-7-9-15(10-8-14)23-16(26)12-25-20(27)17-18(29-6-2)13(3)11-22-19(17)24(4)21(25)28/h7-11,17H,5-6,12H2,1-4H3/p+1. The second-order valence-corrected chi connectivity index (χ2v) is 6.89. The number of imide groups is 1. The van der Waals surface area contributed by atoms with Gasteiger partial charge in [-0.25, -0.2) is 4.79 Å². The molecule has 1 aromatic rings. The molecule has 2 aliphatic rings. The summed E-state index contributed by atoms with van der Waals surface area (Å²) in [6.07, 6.45) is 2.48. The van der Waals surface area contributed by atoms with E-state index in [1.54, 1.807) is 25.3 Å². The zero-order valence-corrected chi connectivity index (χ0v) is 17.1. The number of allylic oxidation sites excluding steroid dienone is 1. The van der Waals surface area contributed by atoms with E-state index in [2.05, 4.69) is 10.3 Å². The van der Waals surface area contributed by atoms with Crippen molar-refractivity contribution in [3.63, 3.8) is 0 Å². The number of fused-ring (bicyclic) bond motifs is 1. The van der Waals surface area contributed by atoms with Crippen LogP contribution in [0, 0.1) is 5.92 Å². The molecule has 3 rings (SSSR count). The normalized spacial score (nSPS) is 18.9. The second kappa shape index (κ2) is 8.38. The van der Waals surface area contributed by atoms with E-state index in [0.29, 0.717) is 23.9 Å². The third-order valence-electron chi connectivity index (χ3n) is 4.92. The molecule has 29 heavy (non-hydrogen) atoms. The number of hydrogen-bond donors (Lipinski definition) is 1. The minimum absolute atomic E-state index is 0.306. The van der Waals surface area contributed by atoms with Crippen LogP contribution in [0.15, 0.2) is 40.6 Å². The molecule has 2 aliphatic heterocycles. The first kappa shape index (κ1) is 20.4. The van der Waals surface area contributed by atoms with Gasteiger partial charge in [-0.05, 0) is 38.0 Å². The lowest BCUT2D eigenvalue weighted by atomic mass is 9.96. The van der Waals surface area contributed by atoms with Crippen LogP contribution in [-0.2, 0) is 20.7 Å². The average molecular weight is 397 g/mol.